The first-order valence-electron chi connectivity index (χ1n) is 4.94. The number of guanidine groups is 1. The molecule has 1 aromatic carbocycles. The molecule has 5 N–H and O–H groups in total. The SMILES string of the molecule is CC(=O)O.NC(N)=NOc1cc2c(cc1Cl)OCO2. The first-order chi connectivity index (χ1) is 8.90. The molecular formula is C10H12ClN3O5. The standard InChI is InChI=1S/C8H8ClN3O3.C2H4O2/c9-4-1-6-7(14-3-13-6)2-5(4)15-12-8(10)11;1-2(3)4/h1-2H,3H2,(H4,10,11,12);1H3,(H,3,4). The molecule has 0 aliphatic carbocycles. The minimum atomic E-state index is -0.833. The van der Waals surface area contributed by atoms with E-state index in [1.807, 2.05) is 0 Å². The van der Waals surface area contributed by atoms with Crippen molar-refractivity contribution in [3.63, 3.8) is 0 Å². The smallest absolute Gasteiger partial charge is 0.300 e. The van der Waals surface area contributed by atoms with Crippen LogP contribution in [0.3, 0.4) is 0 Å². The third kappa shape index (κ3) is 4.80. The zero-order valence-corrected chi connectivity index (χ0v) is 10.7. The van der Waals surface area contributed by atoms with E-state index in [0.717, 1.165) is 6.92 Å². The highest BCUT2D eigenvalue weighted by atomic mass is 35.5. The van der Waals surface area contributed by atoms with Crippen LogP contribution in [0, 0.1) is 0 Å². The molecule has 0 fully saturated rings. The Kier molecular flexibility index (Phi) is 5.07. The predicted octanol–water partition coefficient (Wildman–Crippen LogP) is 0.727. The van der Waals surface area contributed by atoms with Crippen molar-refractivity contribution in [3.8, 4) is 17.2 Å². The van der Waals surface area contributed by atoms with Gasteiger partial charge in [-0.3, -0.25) is 4.79 Å². The second-order valence-corrected chi connectivity index (χ2v) is 3.67. The number of oxime groups is 1. The summed E-state index contributed by atoms with van der Waals surface area (Å²) in [6, 6.07) is 3.12. The lowest BCUT2D eigenvalue weighted by atomic mass is 10.3. The van der Waals surface area contributed by atoms with Gasteiger partial charge in [0.2, 0.25) is 12.8 Å². The molecule has 0 radical (unpaired) electrons. The average Bonchev–Trinajstić information content (AvgIpc) is 2.71. The molecule has 2 rings (SSSR count). The van der Waals surface area contributed by atoms with E-state index < -0.39 is 5.97 Å². The molecule has 0 saturated carbocycles. The van der Waals surface area contributed by atoms with Crippen LogP contribution in [0.5, 0.6) is 17.2 Å². The maximum Gasteiger partial charge on any atom is 0.300 e. The molecule has 8 nitrogen and oxygen atoms in total. The van der Waals surface area contributed by atoms with Gasteiger partial charge in [0, 0.05) is 19.1 Å². The van der Waals surface area contributed by atoms with E-state index in [1.54, 1.807) is 12.1 Å². The number of nitrogens with two attached hydrogens (primary N) is 2. The summed E-state index contributed by atoms with van der Waals surface area (Å²) >= 11 is 5.88. The number of rotatable bonds is 2. The van der Waals surface area contributed by atoms with Gasteiger partial charge in [-0.2, -0.15) is 0 Å². The summed E-state index contributed by atoms with van der Waals surface area (Å²) in [5, 5.41) is 11.1. The van der Waals surface area contributed by atoms with Crippen molar-refractivity contribution in [2.75, 3.05) is 6.79 Å². The van der Waals surface area contributed by atoms with E-state index >= 15 is 0 Å². The van der Waals surface area contributed by atoms with Crippen molar-refractivity contribution >= 4 is 23.5 Å². The van der Waals surface area contributed by atoms with Gasteiger partial charge in [-0.25, -0.2) is 0 Å². The van der Waals surface area contributed by atoms with E-state index in [0.29, 0.717) is 22.3 Å². The van der Waals surface area contributed by atoms with Gasteiger partial charge in [-0.1, -0.05) is 11.6 Å². The Bertz CT molecular complexity index is 498. The van der Waals surface area contributed by atoms with Crippen molar-refractivity contribution in [2.45, 2.75) is 6.92 Å². The fourth-order valence-electron chi connectivity index (χ4n) is 1.07. The van der Waals surface area contributed by atoms with Crippen LogP contribution in [0.25, 0.3) is 0 Å². The number of halogens is 1. The van der Waals surface area contributed by atoms with E-state index in [-0.39, 0.29) is 12.8 Å². The van der Waals surface area contributed by atoms with Crippen LogP contribution in [-0.2, 0) is 4.79 Å². The highest BCUT2D eigenvalue weighted by Gasteiger charge is 2.17. The van der Waals surface area contributed by atoms with Gasteiger partial charge in [0.25, 0.3) is 5.97 Å². The molecule has 0 bridgehead atoms. The Morgan fingerprint density at radius 1 is 1.42 bits per heavy atom. The topological polar surface area (TPSA) is 129 Å². The van der Waals surface area contributed by atoms with Crippen LogP contribution in [0.4, 0.5) is 0 Å². The molecule has 0 aromatic heterocycles. The number of aliphatic carboxylic acids is 1. The van der Waals surface area contributed by atoms with Gasteiger partial charge in [0.15, 0.2) is 17.2 Å². The summed E-state index contributed by atoms with van der Waals surface area (Å²) in [5.74, 6) is 0.385. The quantitative estimate of drug-likeness (QED) is 0.415. The average molecular weight is 290 g/mol. The number of hydrogen-bond acceptors (Lipinski definition) is 5. The monoisotopic (exact) mass is 289 g/mol. The first kappa shape index (κ1) is 14.7. The van der Waals surface area contributed by atoms with Crippen LogP contribution >= 0.6 is 11.6 Å². The number of benzene rings is 1. The highest BCUT2D eigenvalue weighted by Crippen LogP contribution is 2.40. The Morgan fingerprint density at radius 3 is 2.47 bits per heavy atom. The number of carbonyl (C=O) groups is 1. The molecule has 0 atom stereocenters. The van der Waals surface area contributed by atoms with E-state index in [2.05, 4.69) is 5.16 Å². The van der Waals surface area contributed by atoms with Crippen molar-refractivity contribution in [1.82, 2.24) is 0 Å². The maximum absolute atomic E-state index is 9.00. The third-order valence-electron chi connectivity index (χ3n) is 1.68. The van der Waals surface area contributed by atoms with E-state index in [1.165, 1.54) is 0 Å². The Labute approximate surface area is 113 Å². The lowest BCUT2D eigenvalue weighted by Gasteiger charge is -2.03. The molecule has 104 valence electrons. The summed E-state index contributed by atoms with van der Waals surface area (Å²) < 4.78 is 10.2. The van der Waals surface area contributed by atoms with E-state index in [9.17, 15) is 0 Å². The minimum absolute atomic E-state index is 0.164. The molecule has 0 unspecified atom stereocenters. The van der Waals surface area contributed by atoms with E-state index in [4.69, 9.17) is 47.3 Å². The molecule has 1 aliphatic heterocycles. The predicted molar refractivity (Wildman–Crippen MR) is 67.3 cm³/mol. The van der Waals surface area contributed by atoms with Gasteiger partial charge < -0.3 is 30.9 Å². The number of ether oxygens (including phenoxy) is 2. The minimum Gasteiger partial charge on any atom is -0.481 e. The number of carboxylic acid groups (broad SMARTS) is 1. The fraction of sp³-hybridized carbons (Fsp3) is 0.200. The van der Waals surface area contributed by atoms with Crippen LogP contribution in [0.2, 0.25) is 5.02 Å². The summed E-state index contributed by atoms with van der Waals surface area (Å²) in [5.41, 5.74) is 10.2. The van der Waals surface area contributed by atoms with Crippen LogP contribution in [0.15, 0.2) is 17.3 Å². The lowest BCUT2D eigenvalue weighted by molar-refractivity contribution is -0.134. The summed E-state index contributed by atoms with van der Waals surface area (Å²) in [6.07, 6.45) is 0. The largest absolute Gasteiger partial charge is 0.481 e. The molecule has 1 aromatic rings. The number of hydrogen-bond donors (Lipinski definition) is 3. The Hall–Kier alpha value is -2.35. The molecule has 1 aliphatic rings. The summed E-state index contributed by atoms with van der Waals surface area (Å²) in [6.45, 7) is 1.25. The van der Waals surface area contributed by atoms with Gasteiger partial charge >= 0.3 is 0 Å². The Morgan fingerprint density at radius 2 is 1.95 bits per heavy atom. The number of fused-ring (bicyclic) bond motifs is 1. The molecule has 0 spiro atoms. The van der Waals surface area contributed by atoms with Crippen molar-refractivity contribution in [3.05, 3.63) is 17.2 Å². The first-order valence-corrected chi connectivity index (χ1v) is 5.32. The van der Waals surface area contributed by atoms with Gasteiger partial charge in [0.1, 0.15) is 0 Å². The van der Waals surface area contributed by atoms with Crippen LogP contribution in [-0.4, -0.2) is 23.8 Å². The number of nitrogens with zero attached hydrogens (tertiary/aromatic N) is 1. The molecule has 9 heteroatoms. The van der Waals surface area contributed by atoms with Crippen LogP contribution in [0.1, 0.15) is 6.92 Å². The van der Waals surface area contributed by atoms with Crippen molar-refractivity contribution < 1.29 is 24.2 Å². The number of carboxylic acids is 1. The molecule has 19 heavy (non-hydrogen) atoms. The van der Waals surface area contributed by atoms with Crippen molar-refractivity contribution in [1.29, 1.82) is 0 Å². The normalized spacial score (nSPS) is 11.1. The highest BCUT2D eigenvalue weighted by molar-refractivity contribution is 6.32. The maximum atomic E-state index is 9.00. The zero-order valence-electron chi connectivity index (χ0n) is 9.92. The van der Waals surface area contributed by atoms with Crippen molar-refractivity contribution in [2.24, 2.45) is 16.6 Å². The summed E-state index contributed by atoms with van der Waals surface area (Å²) in [7, 11) is 0. The Balaban J connectivity index is 0.000000399. The molecule has 1 heterocycles. The van der Waals surface area contributed by atoms with Crippen LogP contribution < -0.4 is 25.8 Å². The third-order valence-corrected chi connectivity index (χ3v) is 1.97. The second kappa shape index (κ2) is 6.55. The zero-order chi connectivity index (χ0) is 14.4. The van der Waals surface area contributed by atoms with Gasteiger partial charge in [0.05, 0.1) is 5.02 Å². The second-order valence-electron chi connectivity index (χ2n) is 3.26. The lowest BCUT2D eigenvalue weighted by Crippen LogP contribution is -2.23. The molecular weight excluding hydrogens is 278 g/mol. The van der Waals surface area contributed by atoms with Gasteiger partial charge in [-0.05, 0) is 5.16 Å². The summed E-state index contributed by atoms with van der Waals surface area (Å²) in [4.78, 5) is 13.9. The molecule has 0 saturated heterocycles. The fourth-order valence-corrected chi connectivity index (χ4v) is 1.26. The van der Waals surface area contributed by atoms with Gasteiger partial charge in [-0.15, -0.1) is 0 Å². The molecule has 0 amide bonds.